The number of aromatic nitrogens is 2. The average molecular weight is 556 g/mol. The van der Waals surface area contributed by atoms with Crippen molar-refractivity contribution in [2.75, 3.05) is 62.0 Å². The number of nitrogens with zero attached hydrogens (tertiary/aromatic N) is 4. The van der Waals surface area contributed by atoms with Crippen LogP contribution in [-0.4, -0.2) is 85.0 Å². The molecule has 1 aromatic heterocycles. The van der Waals surface area contributed by atoms with Crippen LogP contribution in [0.15, 0.2) is 18.2 Å². The van der Waals surface area contributed by atoms with Gasteiger partial charge in [-0.3, -0.25) is 4.79 Å². The summed E-state index contributed by atoms with van der Waals surface area (Å²) in [6.45, 7) is 11.3. The molecule has 218 valence electrons. The quantitative estimate of drug-likeness (QED) is 0.442. The van der Waals surface area contributed by atoms with Gasteiger partial charge in [-0.1, -0.05) is 6.92 Å². The largest absolute Gasteiger partial charge is 0.495 e. The monoisotopic (exact) mass is 555 g/mol. The maximum absolute atomic E-state index is 12.4. The van der Waals surface area contributed by atoms with E-state index in [1.54, 1.807) is 12.0 Å². The van der Waals surface area contributed by atoms with Gasteiger partial charge in [-0.15, -0.1) is 0 Å². The fourth-order valence-corrected chi connectivity index (χ4v) is 4.74. The summed E-state index contributed by atoms with van der Waals surface area (Å²) >= 11 is 0. The molecule has 2 aliphatic heterocycles. The zero-order valence-corrected chi connectivity index (χ0v) is 24.1. The molecule has 0 saturated carbocycles. The zero-order chi connectivity index (χ0) is 28.9. The molecule has 1 aromatic carbocycles. The predicted octanol–water partition coefficient (Wildman–Crippen LogP) is 3.54. The highest BCUT2D eigenvalue weighted by molar-refractivity contribution is 5.96. The van der Waals surface area contributed by atoms with Crippen molar-refractivity contribution in [3.8, 4) is 5.75 Å². The Labute approximate surface area is 235 Å². The Balaban J connectivity index is 1.51. The second kappa shape index (κ2) is 12.6. The van der Waals surface area contributed by atoms with Crippen molar-refractivity contribution >= 4 is 35.0 Å². The van der Waals surface area contributed by atoms with Crippen LogP contribution in [0.25, 0.3) is 0 Å². The smallest absolute Gasteiger partial charge is 0.410 e. The molecule has 2 fully saturated rings. The lowest BCUT2D eigenvalue weighted by Crippen LogP contribution is -2.50. The van der Waals surface area contributed by atoms with Gasteiger partial charge in [0.2, 0.25) is 0 Å². The number of rotatable bonds is 8. The van der Waals surface area contributed by atoms with Crippen LogP contribution in [0.2, 0.25) is 0 Å². The fourth-order valence-electron chi connectivity index (χ4n) is 4.74. The molecule has 4 rings (SSSR count). The third kappa shape index (κ3) is 7.23. The van der Waals surface area contributed by atoms with Crippen LogP contribution in [0, 0.1) is 0 Å². The van der Waals surface area contributed by atoms with E-state index in [4.69, 9.17) is 24.9 Å². The standard InChI is InChI=1S/C28H41N7O5/c1-6-20-25(30-18-9-15-39-16-10-18)33-26(23(32-20)24(29)36)31-19-7-8-21(22(17-19)38-5)34-11-13-35(14-12-34)27(37)40-28(2,3)4/h7-8,17-18H,6,9-16H2,1-5H3,(H2,29,36)(H2,30,31,33). The molecule has 2 aromatic rings. The predicted molar refractivity (Wildman–Crippen MR) is 154 cm³/mol. The van der Waals surface area contributed by atoms with Crippen LogP contribution < -0.4 is 26.0 Å². The first kappa shape index (κ1) is 29.2. The van der Waals surface area contributed by atoms with E-state index in [9.17, 15) is 9.59 Å². The minimum absolute atomic E-state index is 0.0793. The molecular formula is C28H41N7O5. The molecule has 4 N–H and O–H groups in total. The van der Waals surface area contributed by atoms with Crippen molar-refractivity contribution in [3.05, 3.63) is 29.6 Å². The number of aryl methyl sites for hydroxylation is 1. The number of piperazine rings is 1. The first-order valence-electron chi connectivity index (χ1n) is 13.8. The molecule has 0 unspecified atom stereocenters. The van der Waals surface area contributed by atoms with Crippen molar-refractivity contribution in [1.29, 1.82) is 0 Å². The molecule has 3 heterocycles. The normalized spacial score (nSPS) is 16.4. The second-order valence-electron chi connectivity index (χ2n) is 10.9. The lowest BCUT2D eigenvalue weighted by atomic mass is 10.1. The van der Waals surface area contributed by atoms with Crippen molar-refractivity contribution in [3.63, 3.8) is 0 Å². The number of carbonyl (C=O) groups is 2. The number of nitrogens with two attached hydrogens (primary N) is 1. The van der Waals surface area contributed by atoms with Crippen molar-refractivity contribution in [2.45, 2.75) is 58.6 Å². The van der Waals surface area contributed by atoms with Crippen LogP contribution in [0.1, 0.15) is 56.7 Å². The van der Waals surface area contributed by atoms with Gasteiger partial charge in [0.05, 0.1) is 18.5 Å². The van der Waals surface area contributed by atoms with E-state index in [1.807, 2.05) is 45.9 Å². The summed E-state index contributed by atoms with van der Waals surface area (Å²) in [6.07, 6.45) is 2.04. The minimum atomic E-state index is -0.659. The zero-order valence-electron chi connectivity index (χ0n) is 24.1. The van der Waals surface area contributed by atoms with Gasteiger partial charge in [-0.2, -0.15) is 0 Å². The molecule has 12 nitrogen and oxygen atoms in total. The first-order chi connectivity index (χ1) is 19.1. The summed E-state index contributed by atoms with van der Waals surface area (Å²) in [4.78, 5) is 37.9. The molecule has 2 amide bonds. The number of carbonyl (C=O) groups excluding carboxylic acids is 2. The van der Waals surface area contributed by atoms with Gasteiger partial charge in [0.1, 0.15) is 11.4 Å². The Kier molecular flexibility index (Phi) is 9.18. The van der Waals surface area contributed by atoms with Crippen molar-refractivity contribution < 1.29 is 23.8 Å². The van der Waals surface area contributed by atoms with Crippen LogP contribution >= 0.6 is 0 Å². The number of methoxy groups -OCH3 is 1. The van der Waals surface area contributed by atoms with Crippen LogP contribution in [0.3, 0.4) is 0 Å². The van der Waals surface area contributed by atoms with Crippen molar-refractivity contribution in [2.24, 2.45) is 5.73 Å². The number of hydrogen-bond donors (Lipinski definition) is 3. The van der Waals surface area contributed by atoms with Gasteiger partial charge in [0, 0.05) is 57.2 Å². The van der Waals surface area contributed by atoms with Gasteiger partial charge < -0.3 is 40.4 Å². The molecule has 0 atom stereocenters. The fraction of sp³-hybridized carbons (Fsp3) is 0.571. The summed E-state index contributed by atoms with van der Waals surface area (Å²) < 4.78 is 16.7. The van der Waals surface area contributed by atoms with E-state index in [-0.39, 0.29) is 23.6 Å². The van der Waals surface area contributed by atoms with Gasteiger partial charge >= 0.3 is 6.09 Å². The number of amides is 2. The third-order valence-corrected chi connectivity index (χ3v) is 6.81. The molecule has 0 aliphatic carbocycles. The maximum Gasteiger partial charge on any atom is 0.410 e. The molecule has 0 bridgehead atoms. The number of hydrogen-bond acceptors (Lipinski definition) is 10. The molecule has 2 saturated heterocycles. The molecule has 2 aliphatic rings. The van der Waals surface area contributed by atoms with E-state index in [0.717, 1.165) is 18.5 Å². The van der Waals surface area contributed by atoms with Gasteiger partial charge in [-0.05, 0) is 52.2 Å². The molecule has 0 spiro atoms. The summed E-state index contributed by atoms with van der Waals surface area (Å²) in [5.74, 6) is 0.900. The van der Waals surface area contributed by atoms with Crippen molar-refractivity contribution in [1.82, 2.24) is 14.9 Å². The van der Waals surface area contributed by atoms with Gasteiger partial charge in [0.25, 0.3) is 5.91 Å². The summed E-state index contributed by atoms with van der Waals surface area (Å²) in [5.41, 5.74) is 7.49. The SMILES string of the molecule is CCc1nc(C(N)=O)c(Nc2ccc(N3CCN(C(=O)OC(C)(C)C)CC3)c(OC)c2)nc1NC1CCOCC1. The Morgan fingerprint density at radius 1 is 1.10 bits per heavy atom. The van der Waals surface area contributed by atoms with Crippen LogP contribution in [0.4, 0.5) is 27.8 Å². The highest BCUT2D eigenvalue weighted by Gasteiger charge is 2.27. The second-order valence-corrected chi connectivity index (χ2v) is 10.9. The molecule has 0 radical (unpaired) electrons. The Morgan fingerprint density at radius 2 is 1.80 bits per heavy atom. The lowest BCUT2D eigenvalue weighted by Gasteiger charge is -2.37. The van der Waals surface area contributed by atoms with E-state index < -0.39 is 11.5 Å². The Morgan fingerprint density at radius 3 is 2.40 bits per heavy atom. The number of primary amides is 1. The van der Waals surface area contributed by atoms with Gasteiger partial charge in [0.15, 0.2) is 17.3 Å². The van der Waals surface area contributed by atoms with E-state index >= 15 is 0 Å². The average Bonchev–Trinajstić information content (AvgIpc) is 2.92. The number of anilines is 4. The maximum atomic E-state index is 12.4. The van der Waals surface area contributed by atoms with Gasteiger partial charge in [-0.25, -0.2) is 14.8 Å². The topological polar surface area (TPSA) is 144 Å². The van der Waals surface area contributed by atoms with E-state index in [1.165, 1.54) is 0 Å². The molecule has 40 heavy (non-hydrogen) atoms. The van der Waals surface area contributed by atoms with Crippen LogP contribution in [0.5, 0.6) is 5.75 Å². The Hall–Kier alpha value is -3.80. The molecule has 12 heteroatoms. The van der Waals surface area contributed by atoms with E-state index in [0.29, 0.717) is 68.8 Å². The summed E-state index contributed by atoms with van der Waals surface area (Å²) in [6, 6.07) is 5.91. The van der Waals surface area contributed by atoms with Crippen LogP contribution in [-0.2, 0) is 15.9 Å². The highest BCUT2D eigenvalue weighted by Crippen LogP contribution is 2.34. The highest BCUT2D eigenvalue weighted by atomic mass is 16.6. The summed E-state index contributed by atoms with van der Waals surface area (Å²) in [7, 11) is 1.61. The summed E-state index contributed by atoms with van der Waals surface area (Å²) in [5, 5.41) is 6.70. The Bertz CT molecular complexity index is 1200. The number of ether oxygens (including phenoxy) is 3. The van der Waals surface area contributed by atoms with E-state index in [2.05, 4.69) is 20.5 Å². The number of benzene rings is 1. The molecular weight excluding hydrogens is 514 g/mol. The minimum Gasteiger partial charge on any atom is -0.495 e. The first-order valence-corrected chi connectivity index (χ1v) is 13.8. The lowest BCUT2D eigenvalue weighted by molar-refractivity contribution is 0.0240. The number of nitrogens with one attached hydrogen (secondary N) is 2. The third-order valence-electron chi connectivity index (χ3n) is 6.81.